The third-order valence-corrected chi connectivity index (χ3v) is 5.38. The molecule has 2 heterocycles. The SMILES string of the molecule is CC[C@H](C)NC(=O)c1nn2c(c1Cl)N[C@@H](c1ccc(OC)cc1)C[C@H]2C(F)(F)F. The number of hydrogen-bond donors (Lipinski definition) is 2. The van der Waals surface area contributed by atoms with E-state index in [0.29, 0.717) is 17.7 Å². The van der Waals surface area contributed by atoms with Crippen LogP contribution in [0.25, 0.3) is 0 Å². The van der Waals surface area contributed by atoms with Gasteiger partial charge in [0.2, 0.25) is 0 Å². The number of nitrogens with zero attached hydrogens (tertiary/aromatic N) is 2. The topological polar surface area (TPSA) is 68.2 Å². The molecule has 1 aromatic heterocycles. The van der Waals surface area contributed by atoms with Crippen molar-refractivity contribution in [3.05, 3.63) is 40.5 Å². The Morgan fingerprint density at radius 2 is 2.07 bits per heavy atom. The van der Waals surface area contributed by atoms with Crippen LogP contribution in [0.2, 0.25) is 5.02 Å². The van der Waals surface area contributed by atoms with E-state index in [9.17, 15) is 18.0 Å². The monoisotopic (exact) mass is 430 g/mol. The number of anilines is 1. The average molecular weight is 431 g/mol. The van der Waals surface area contributed by atoms with Gasteiger partial charge in [-0.05, 0) is 31.0 Å². The summed E-state index contributed by atoms with van der Waals surface area (Å²) in [6.45, 7) is 3.67. The fraction of sp³-hybridized carbons (Fsp3) is 0.474. The molecule has 2 N–H and O–H groups in total. The van der Waals surface area contributed by atoms with E-state index in [-0.39, 0.29) is 29.0 Å². The summed E-state index contributed by atoms with van der Waals surface area (Å²) in [5, 5.41) is 9.48. The number of alkyl halides is 3. The van der Waals surface area contributed by atoms with E-state index in [1.807, 2.05) is 6.92 Å². The van der Waals surface area contributed by atoms with Crippen LogP contribution in [0.1, 0.15) is 54.8 Å². The molecule has 0 spiro atoms. The minimum absolute atomic E-state index is 0.0182. The van der Waals surface area contributed by atoms with Gasteiger partial charge in [0, 0.05) is 12.5 Å². The molecule has 0 saturated carbocycles. The van der Waals surface area contributed by atoms with Crippen LogP contribution in [-0.2, 0) is 0 Å². The predicted octanol–water partition coefficient (Wildman–Crippen LogP) is 4.73. The number of rotatable bonds is 5. The summed E-state index contributed by atoms with van der Waals surface area (Å²) < 4.78 is 47.2. The lowest BCUT2D eigenvalue weighted by Crippen LogP contribution is -2.36. The largest absolute Gasteiger partial charge is 0.497 e. The molecule has 3 atom stereocenters. The maximum Gasteiger partial charge on any atom is 0.410 e. The maximum absolute atomic E-state index is 13.8. The molecule has 0 aliphatic carbocycles. The second-order valence-corrected chi connectivity index (χ2v) is 7.38. The van der Waals surface area contributed by atoms with Gasteiger partial charge in [-0.15, -0.1) is 0 Å². The first kappa shape index (κ1) is 21.3. The molecule has 1 aliphatic rings. The number of fused-ring (bicyclic) bond motifs is 1. The number of amides is 1. The van der Waals surface area contributed by atoms with Crippen LogP contribution in [0.15, 0.2) is 24.3 Å². The number of methoxy groups -OCH3 is 1. The molecule has 6 nitrogen and oxygen atoms in total. The molecule has 3 rings (SSSR count). The van der Waals surface area contributed by atoms with Gasteiger partial charge in [0.15, 0.2) is 11.7 Å². The van der Waals surface area contributed by atoms with Crippen molar-refractivity contribution in [2.24, 2.45) is 0 Å². The molecular formula is C19H22ClF3N4O2. The molecule has 0 fully saturated rings. The number of halogens is 4. The zero-order valence-electron chi connectivity index (χ0n) is 16.2. The Kier molecular flexibility index (Phi) is 5.97. The van der Waals surface area contributed by atoms with Crippen LogP contribution in [0.4, 0.5) is 19.0 Å². The molecule has 10 heteroatoms. The lowest BCUT2D eigenvalue weighted by Gasteiger charge is -2.33. The maximum atomic E-state index is 13.8. The molecule has 1 amide bonds. The smallest absolute Gasteiger partial charge is 0.410 e. The van der Waals surface area contributed by atoms with Gasteiger partial charge in [0.25, 0.3) is 5.91 Å². The summed E-state index contributed by atoms with van der Waals surface area (Å²) in [6, 6.07) is 4.03. The summed E-state index contributed by atoms with van der Waals surface area (Å²) in [4.78, 5) is 12.4. The van der Waals surface area contributed by atoms with Crippen molar-refractivity contribution in [3.8, 4) is 5.75 Å². The Balaban J connectivity index is 1.99. The number of carbonyl (C=O) groups is 1. The molecule has 1 aromatic carbocycles. The van der Waals surface area contributed by atoms with Gasteiger partial charge in [-0.2, -0.15) is 18.3 Å². The highest BCUT2D eigenvalue weighted by Crippen LogP contribution is 2.46. The predicted molar refractivity (Wildman–Crippen MR) is 104 cm³/mol. The van der Waals surface area contributed by atoms with E-state index in [2.05, 4.69) is 15.7 Å². The highest BCUT2D eigenvalue weighted by molar-refractivity contribution is 6.36. The van der Waals surface area contributed by atoms with Crippen LogP contribution >= 0.6 is 11.6 Å². The van der Waals surface area contributed by atoms with E-state index in [1.54, 1.807) is 31.2 Å². The normalized spacial score (nSPS) is 19.8. The molecule has 1 aliphatic heterocycles. The highest BCUT2D eigenvalue weighted by Gasteiger charge is 2.47. The van der Waals surface area contributed by atoms with Crippen LogP contribution in [0.3, 0.4) is 0 Å². The standard InChI is InChI=1S/C19H22ClF3N4O2/c1-4-10(2)24-18(28)16-15(20)17-25-13(11-5-7-12(29-3)8-6-11)9-14(19(21,22)23)27(17)26-16/h5-8,10,13-14,25H,4,9H2,1-3H3,(H,24,28)/t10-,13+,14-/m0/s1. The van der Waals surface area contributed by atoms with Gasteiger partial charge in [0.05, 0.1) is 13.2 Å². The van der Waals surface area contributed by atoms with Crippen LogP contribution in [0, 0.1) is 0 Å². The summed E-state index contributed by atoms with van der Waals surface area (Å²) in [7, 11) is 1.51. The first-order chi connectivity index (χ1) is 13.7. The Bertz CT molecular complexity index is 883. The molecule has 0 unspecified atom stereocenters. The number of hydrogen-bond acceptors (Lipinski definition) is 4. The number of nitrogens with one attached hydrogen (secondary N) is 2. The summed E-state index contributed by atoms with van der Waals surface area (Å²) >= 11 is 6.29. The van der Waals surface area contributed by atoms with Crippen molar-refractivity contribution in [1.82, 2.24) is 15.1 Å². The lowest BCUT2D eigenvalue weighted by atomic mass is 9.97. The molecular weight excluding hydrogens is 409 g/mol. The fourth-order valence-electron chi connectivity index (χ4n) is 3.18. The summed E-state index contributed by atoms with van der Waals surface area (Å²) in [5.41, 5.74) is 0.424. The molecule has 158 valence electrons. The molecule has 0 saturated heterocycles. The molecule has 29 heavy (non-hydrogen) atoms. The highest BCUT2D eigenvalue weighted by atomic mass is 35.5. The van der Waals surface area contributed by atoms with E-state index in [0.717, 1.165) is 4.68 Å². The molecule has 2 aromatic rings. The van der Waals surface area contributed by atoms with Crippen molar-refractivity contribution in [2.75, 3.05) is 12.4 Å². The Labute approximate surface area is 171 Å². The zero-order valence-corrected chi connectivity index (χ0v) is 16.9. The minimum Gasteiger partial charge on any atom is -0.497 e. The second-order valence-electron chi connectivity index (χ2n) is 7.00. The van der Waals surface area contributed by atoms with Crippen LogP contribution in [-0.4, -0.2) is 35.0 Å². The third-order valence-electron chi connectivity index (χ3n) is 5.02. The molecule has 0 bridgehead atoms. The molecule has 0 radical (unpaired) electrons. The minimum atomic E-state index is -4.55. The van der Waals surface area contributed by atoms with Gasteiger partial charge in [0.1, 0.15) is 16.6 Å². The summed E-state index contributed by atoms with van der Waals surface area (Å²) in [5.74, 6) is -0.0191. The lowest BCUT2D eigenvalue weighted by molar-refractivity contribution is -0.173. The van der Waals surface area contributed by atoms with Gasteiger partial charge in [-0.1, -0.05) is 30.7 Å². The van der Waals surface area contributed by atoms with Crippen LogP contribution in [0.5, 0.6) is 5.75 Å². The van der Waals surface area contributed by atoms with Gasteiger partial charge < -0.3 is 15.4 Å². The number of ether oxygens (including phenoxy) is 1. The van der Waals surface area contributed by atoms with Gasteiger partial charge in [-0.25, -0.2) is 4.68 Å². The third kappa shape index (κ3) is 4.29. The van der Waals surface area contributed by atoms with Gasteiger partial charge >= 0.3 is 6.18 Å². The quantitative estimate of drug-likeness (QED) is 0.719. The Morgan fingerprint density at radius 3 is 2.62 bits per heavy atom. The van der Waals surface area contributed by atoms with E-state index < -0.39 is 24.2 Å². The Hall–Kier alpha value is -2.42. The average Bonchev–Trinajstić information content (AvgIpc) is 3.03. The Morgan fingerprint density at radius 1 is 1.41 bits per heavy atom. The van der Waals surface area contributed by atoms with Crippen molar-refractivity contribution >= 4 is 23.3 Å². The summed E-state index contributed by atoms with van der Waals surface area (Å²) in [6.07, 6.45) is -4.17. The van der Waals surface area contributed by atoms with Gasteiger partial charge in [-0.3, -0.25) is 4.79 Å². The first-order valence-electron chi connectivity index (χ1n) is 9.21. The van der Waals surface area contributed by atoms with E-state index in [1.165, 1.54) is 7.11 Å². The fourth-order valence-corrected chi connectivity index (χ4v) is 3.45. The van der Waals surface area contributed by atoms with Crippen molar-refractivity contribution < 1.29 is 22.7 Å². The zero-order chi connectivity index (χ0) is 21.3. The first-order valence-corrected chi connectivity index (χ1v) is 9.59. The van der Waals surface area contributed by atoms with Crippen molar-refractivity contribution in [1.29, 1.82) is 0 Å². The van der Waals surface area contributed by atoms with E-state index in [4.69, 9.17) is 16.3 Å². The number of aromatic nitrogens is 2. The van der Waals surface area contributed by atoms with Crippen molar-refractivity contribution in [2.45, 2.75) is 51.0 Å². The van der Waals surface area contributed by atoms with E-state index >= 15 is 0 Å². The second kappa shape index (κ2) is 8.14. The van der Waals surface area contributed by atoms with Crippen molar-refractivity contribution in [3.63, 3.8) is 0 Å². The number of benzene rings is 1. The van der Waals surface area contributed by atoms with Crippen LogP contribution < -0.4 is 15.4 Å². The number of carbonyl (C=O) groups excluding carboxylic acids is 1.